The number of oxazole rings is 1. The van der Waals surface area contributed by atoms with E-state index in [-0.39, 0.29) is 48.5 Å². The summed E-state index contributed by atoms with van der Waals surface area (Å²) < 4.78 is 149. The van der Waals surface area contributed by atoms with Crippen LogP contribution in [0.2, 0.25) is 0 Å². The topological polar surface area (TPSA) is 503 Å². The van der Waals surface area contributed by atoms with Gasteiger partial charge in [0.15, 0.2) is 12.2 Å². The molecule has 0 spiro atoms. The van der Waals surface area contributed by atoms with Gasteiger partial charge in [-0.3, -0.25) is 38.1 Å². The minimum atomic E-state index is -4.34. The molecule has 0 radical (unpaired) electrons. The number of nitrogens with zero attached hydrogens (tertiary/aromatic N) is 5. The Balaban J connectivity index is 0.000000190. The number of carbonyl (C=O) groups is 8. The second-order valence-electron chi connectivity index (χ2n) is 33.0. The van der Waals surface area contributed by atoms with Crippen LogP contribution >= 0.6 is 0 Å². The lowest BCUT2D eigenvalue weighted by atomic mass is 10.0. The number of aromatic nitrogens is 1. The van der Waals surface area contributed by atoms with E-state index < -0.39 is 113 Å². The zero-order valence-electron chi connectivity index (χ0n) is 83.1. The van der Waals surface area contributed by atoms with Crippen LogP contribution in [0.25, 0.3) is 22.5 Å². The van der Waals surface area contributed by atoms with Crippen molar-refractivity contribution in [2.24, 2.45) is 0 Å². The van der Waals surface area contributed by atoms with Crippen LogP contribution in [0, 0.1) is 6.92 Å². The van der Waals surface area contributed by atoms with E-state index in [0.29, 0.717) is 62.8 Å². The number of urea groups is 4. The summed E-state index contributed by atoms with van der Waals surface area (Å²) >= 11 is 0. The molecule has 1 heterocycles. The van der Waals surface area contributed by atoms with Gasteiger partial charge in [0.05, 0.1) is 64.5 Å². The first-order chi connectivity index (χ1) is 71.9. The average molecular weight is 2120 g/mol. The van der Waals surface area contributed by atoms with E-state index in [1.54, 1.807) is 233 Å². The van der Waals surface area contributed by atoms with Crippen molar-refractivity contribution in [3.05, 3.63) is 386 Å². The van der Waals surface area contributed by atoms with Crippen LogP contribution in [-0.2, 0) is 85.7 Å². The molecular formula is C107H113N17O22S4. The van der Waals surface area contributed by atoms with Crippen LogP contribution < -0.4 is 102 Å². The second-order valence-corrected chi connectivity index (χ2v) is 38.7. The molecule has 0 saturated carbocycles. The Hall–Kier alpha value is -18.0. The predicted octanol–water partition coefficient (Wildman–Crippen LogP) is 14.3. The number of hydrogen-bond acceptors (Lipinski definition) is 23. The normalized spacial score (nSPS) is 11.7. The number of para-hydroxylation sites is 2. The number of carbonyl (C=O) groups excluding carboxylic acids is 8. The van der Waals surface area contributed by atoms with E-state index in [0.717, 1.165) is 38.9 Å². The number of methoxy groups -OCH3 is 5. The highest BCUT2D eigenvalue weighted by atomic mass is 32.2. The largest absolute Gasteiger partial charge is 0.497 e. The first-order valence-corrected chi connectivity index (χ1v) is 51.9. The number of anilines is 8. The molecule has 0 bridgehead atoms. The molecule has 0 saturated heterocycles. The second kappa shape index (κ2) is 54.3. The van der Waals surface area contributed by atoms with Gasteiger partial charge in [0.1, 0.15) is 52.9 Å². The van der Waals surface area contributed by atoms with E-state index in [4.69, 9.17) is 28.1 Å². The summed E-state index contributed by atoms with van der Waals surface area (Å²) in [6.45, 7) is 1.87. The molecule has 1 aromatic heterocycles. The highest BCUT2D eigenvalue weighted by Crippen LogP contribution is 2.30. The predicted molar refractivity (Wildman–Crippen MR) is 576 cm³/mol. The molecule has 12 N–H and O–H groups in total. The lowest BCUT2D eigenvalue weighted by Crippen LogP contribution is -2.53. The Morgan fingerprint density at radius 2 is 0.567 bits per heavy atom. The monoisotopic (exact) mass is 2120 g/mol. The van der Waals surface area contributed by atoms with Crippen molar-refractivity contribution in [1.82, 2.24) is 45.1 Å². The van der Waals surface area contributed by atoms with Crippen molar-refractivity contribution in [3.63, 3.8) is 0 Å². The highest BCUT2D eigenvalue weighted by Gasteiger charge is 2.33. The summed E-state index contributed by atoms with van der Waals surface area (Å²) in [6.07, 6.45) is 3.36. The molecule has 14 rings (SSSR count). The van der Waals surface area contributed by atoms with E-state index >= 15 is 0 Å². The molecule has 0 aliphatic carbocycles. The van der Waals surface area contributed by atoms with Crippen LogP contribution in [0.1, 0.15) is 27.8 Å². The van der Waals surface area contributed by atoms with Crippen LogP contribution in [0.3, 0.4) is 0 Å². The van der Waals surface area contributed by atoms with Crippen LogP contribution in [0.15, 0.2) is 363 Å². The maximum Gasteiger partial charge on any atom is 0.330 e. The van der Waals surface area contributed by atoms with Crippen molar-refractivity contribution in [2.75, 3.05) is 102 Å². The number of likely N-dealkylation sites (N-methyl/N-ethyl adjacent to an activating group) is 4. The maximum absolute atomic E-state index is 13.4. The number of benzene rings is 13. The molecule has 0 unspecified atom stereocenters. The third-order valence-electron chi connectivity index (χ3n) is 22.3. The van der Waals surface area contributed by atoms with E-state index in [9.17, 15) is 72.0 Å². The Morgan fingerprint density at radius 1 is 0.293 bits per heavy atom. The number of nitrogens with one attached hydrogen (secondary N) is 12. The fourth-order valence-electron chi connectivity index (χ4n) is 14.6. The van der Waals surface area contributed by atoms with Crippen molar-refractivity contribution < 1.29 is 100 Å². The van der Waals surface area contributed by atoms with Gasteiger partial charge >= 0.3 is 65.0 Å². The summed E-state index contributed by atoms with van der Waals surface area (Å²) in [5.74, 6) is 1.54. The number of rotatable bonds is 39. The number of aryl methyl sites for hydroxylation is 1. The smallest absolute Gasteiger partial charge is 0.330 e. The Bertz CT molecular complexity index is 7310. The summed E-state index contributed by atoms with van der Waals surface area (Å²) in [4.78, 5) is 114. The third kappa shape index (κ3) is 35.2. The Kier molecular flexibility index (Phi) is 40.7. The molecule has 4 atom stereocenters. The fourth-order valence-corrected chi connectivity index (χ4v) is 17.8. The van der Waals surface area contributed by atoms with Crippen LogP contribution in [-0.4, -0.2) is 174 Å². The molecule has 150 heavy (non-hydrogen) atoms. The summed E-state index contributed by atoms with van der Waals surface area (Å²) in [5.41, 5.74) is 9.85. The van der Waals surface area contributed by atoms with Gasteiger partial charge in [-0.05, 0) is 186 Å². The number of hydrogen-bond donors (Lipinski definition) is 12. The van der Waals surface area contributed by atoms with Gasteiger partial charge in [0.2, 0.25) is 23.6 Å². The number of ether oxygens (including phenoxy) is 5. The van der Waals surface area contributed by atoms with Crippen molar-refractivity contribution in [3.8, 4) is 51.2 Å². The molecule has 12 amide bonds. The molecular weight excluding hydrogens is 2000 g/mol. The van der Waals surface area contributed by atoms with Crippen LogP contribution in [0.5, 0.6) is 28.7 Å². The van der Waals surface area contributed by atoms with Gasteiger partial charge in [0.25, 0.3) is 0 Å². The van der Waals surface area contributed by atoms with Gasteiger partial charge in [-0.25, -0.2) is 43.1 Å². The lowest BCUT2D eigenvalue weighted by Gasteiger charge is -2.25. The summed E-state index contributed by atoms with van der Waals surface area (Å²) in [7, 11) is -3.30. The highest BCUT2D eigenvalue weighted by molar-refractivity contribution is 7.92. The maximum atomic E-state index is 13.4. The van der Waals surface area contributed by atoms with Crippen molar-refractivity contribution in [1.29, 1.82) is 0 Å². The quantitative estimate of drug-likeness (QED) is 0.0170. The fraction of sp³-hybridized carbons (Fsp3) is 0.168. The molecule has 0 aliphatic heterocycles. The van der Waals surface area contributed by atoms with Crippen LogP contribution in [0.4, 0.5) is 64.7 Å². The molecule has 782 valence electrons. The molecule has 13 aromatic carbocycles. The molecule has 0 fully saturated rings. The van der Waals surface area contributed by atoms with Gasteiger partial charge in [-0.1, -0.05) is 206 Å². The van der Waals surface area contributed by atoms with Gasteiger partial charge in [-0.2, -0.15) is 33.7 Å². The first-order valence-electron chi connectivity index (χ1n) is 46.0. The molecule has 14 aromatic rings. The van der Waals surface area contributed by atoms with Gasteiger partial charge in [0, 0.05) is 82.2 Å². The zero-order chi connectivity index (χ0) is 108. The van der Waals surface area contributed by atoms with Crippen molar-refractivity contribution >= 4 is 134 Å². The van der Waals surface area contributed by atoms with Crippen molar-refractivity contribution in [2.45, 2.75) is 56.8 Å². The Morgan fingerprint density at radius 3 is 0.867 bits per heavy atom. The van der Waals surface area contributed by atoms with E-state index in [1.165, 1.54) is 57.5 Å². The van der Waals surface area contributed by atoms with E-state index in [1.807, 2.05) is 177 Å². The average Bonchev–Trinajstić information content (AvgIpc) is 0.938. The minimum absolute atomic E-state index is 0.139. The zero-order valence-corrected chi connectivity index (χ0v) is 86.3. The van der Waals surface area contributed by atoms with Gasteiger partial charge < -0.3 is 69.0 Å². The number of amides is 12. The van der Waals surface area contributed by atoms with E-state index in [2.05, 4.69) is 45.1 Å². The summed E-state index contributed by atoms with van der Waals surface area (Å²) in [5, 5.41) is 10.0. The van der Waals surface area contributed by atoms with Gasteiger partial charge in [-0.15, -0.1) is 0 Å². The first kappa shape index (κ1) is 112. The summed E-state index contributed by atoms with van der Waals surface area (Å²) in [6, 6.07) is 91.2. The molecule has 0 aliphatic rings. The lowest BCUT2D eigenvalue weighted by molar-refractivity contribution is -0.120. The standard InChI is InChI=1S/C30H30N4O5S.C27H27N5O6S.C25H28N4O6S.C25H28N4O5S/c1-34(26-17-19-27(39-2)20-18-26)29(35)28(21-22-9-5-3-6-10-22)31-30(36)33-40(37,38)32-25-15-13-24(14-16-25)23-11-7-4-8-12-23;1-32(22-11-13-23(37-2)14-12-22)26(33)24(15-19-7-4-3-5-8-19)29-27(34)31-39(35,36)30-21-10-6-9-20(16-21)25-17-28-18-38-25;1-29(19-13-15-20(34-2)16-14-19)24(30)22(17-18-9-5-4-6-10-18)26-25(31)28-36(32,33)27-21-11-7-8-12-23(21)35-3;1-18-9-11-20(12-10-18)27-35(32,33)28-25(31)26-23(17-19-7-5-4-6-8-19)24(30)29(2)21-13-15-22(34-3)16-14-21/h3-20,28,32H,21H2,1-2H3,(H2,31,33,36);3-14,16-18,24,30H,15H2,1-2H3,(H2,29,31,34);4-16,22,27H,17H2,1-3H3,(H2,26,28,31);4-16,23,27H,17H2,1-3H3,(H2,26,28,31)/t28-;24-;22-;23-/m0000/s1. The molecule has 39 nitrogen and oxygen atoms in total. The third-order valence-corrected chi connectivity index (χ3v) is 26.2. The molecule has 43 heteroatoms. The SMILES string of the molecule is COc1ccc(N(C)C(=O)[C@H](Cc2ccccc2)NC(=O)NS(=O)(=O)Nc2ccc(-c3ccccc3)cc2)cc1.COc1ccc(N(C)C(=O)[C@H](Cc2ccccc2)NC(=O)NS(=O)(=O)Nc2ccc(C)cc2)cc1.COc1ccc(N(C)C(=O)[C@H](Cc2ccccc2)NC(=O)NS(=O)(=O)Nc2cccc(-c3cnco3)c2)cc1.COc1ccc(N(C)C(=O)[C@H](Cc2ccccc2)NC(=O)NS(=O)(=O)Nc2ccccc2OC)cc1. The Labute approximate surface area is 870 Å². The minimum Gasteiger partial charge on any atom is -0.497 e.